The lowest BCUT2D eigenvalue weighted by Gasteiger charge is -2.11. The molecular formula is C16H13ClFNO2. The van der Waals surface area contributed by atoms with Gasteiger partial charge in [0, 0.05) is 5.56 Å². The van der Waals surface area contributed by atoms with Gasteiger partial charge in [-0.2, -0.15) is 5.26 Å². The number of aliphatic hydroxyl groups is 1. The molecule has 0 amide bonds. The molecule has 2 aromatic rings. The largest absolute Gasteiger partial charge is 0.487 e. The van der Waals surface area contributed by atoms with E-state index in [0.717, 1.165) is 0 Å². The maximum absolute atomic E-state index is 13.6. The van der Waals surface area contributed by atoms with E-state index in [1.54, 1.807) is 25.1 Å². The molecule has 1 atom stereocenters. The first-order valence-electron chi connectivity index (χ1n) is 6.30. The Balaban J connectivity index is 2.15. The van der Waals surface area contributed by atoms with Crippen molar-refractivity contribution in [2.75, 3.05) is 0 Å². The van der Waals surface area contributed by atoms with Gasteiger partial charge in [-0.15, -0.1) is 0 Å². The van der Waals surface area contributed by atoms with E-state index in [0.29, 0.717) is 21.9 Å². The molecule has 3 nitrogen and oxygen atoms in total. The molecule has 0 spiro atoms. The lowest BCUT2D eigenvalue weighted by molar-refractivity contribution is 0.199. The van der Waals surface area contributed by atoms with Crippen molar-refractivity contribution >= 4 is 11.6 Å². The van der Waals surface area contributed by atoms with E-state index >= 15 is 0 Å². The van der Waals surface area contributed by atoms with Crippen molar-refractivity contribution in [3.63, 3.8) is 0 Å². The zero-order valence-electron chi connectivity index (χ0n) is 11.3. The van der Waals surface area contributed by atoms with Crippen LogP contribution in [0.5, 0.6) is 5.75 Å². The predicted octanol–water partition coefficient (Wildman–Crippen LogP) is 3.98. The van der Waals surface area contributed by atoms with E-state index < -0.39 is 11.9 Å². The molecule has 2 rings (SSSR count). The van der Waals surface area contributed by atoms with Gasteiger partial charge in [0.2, 0.25) is 0 Å². The lowest BCUT2D eigenvalue weighted by Crippen LogP contribution is -2.00. The van der Waals surface area contributed by atoms with Crippen LogP contribution in [0.15, 0.2) is 36.4 Å². The van der Waals surface area contributed by atoms with Crippen LogP contribution in [-0.2, 0) is 6.61 Å². The van der Waals surface area contributed by atoms with Crippen molar-refractivity contribution in [3.8, 4) is 11.8 Å². The maximum Gasteiger partial charge on any atom is 0.138 e. The van der Waals surface area contributed by atoms with Gasteiger partial charge in [-0.1, -0.05) is 17.7 Å². The first kappa shape index (κ1) is 15.3. The molecule has 0 aliphatic heterocycles. The minimum Gasteiger partial charge on any atom is -0.487 e. The van der Waals surface area contributed by atoms with Crippen molar-refractivity contribution < 1.29 is 14.2 Å². The van der Waals surface area contributed by atoms with Crippen LogP contribution < -0.4 is 4.74 Å². The highest BCUT2D eigenvalue weighted by atomic mass is 35.5. The SMILES string of the molecule is C[C@@H](O)c1ccc(OCc2cc(C#N)ccc2F)c(Cl)c1. The molecule has 21 heavy (non-hydrogen) atoms. The average molecular weight is 306 g/mol. The molecule has 0 fully saturated rings. The Hall–Kier alpha value is -2.09. The van der Waals surface area contributed by atoms with Crippen LogP contribution in [0.1, 0.15) is 29.7 Å². The lowest BCUT2D eigenvalue weighted by atomic mass is 10.1. The van der Waals surface area contributed by atoms with E-state index in [1.165, 1.54) is 18.2 Å². The van der Waals surface area contributed by atoms with Gasteiger partial charge in [0.1, 0.15) is 18.2 Å². The molecule has 0 aromatic heterocycles. The second-order valence-corrected chi connectivity index (χ2v) is 4.98. The van der Waals surface area contributed by atoms with Gasteiger partial charge in [-0.3, -0.25) is 0 Å². The number of rotatable bonds is 4. The number of nitrogens with zero attached hydrogens (tertiary/aromatic N) is 1. The van der Waals surface area contributed by atoms with Gasteiger partial charge in [0.25, 0.3) is 0 Å². The summed E-state index contributed by atoms with van der Waals surface area (Å²) in [7, 11) is 0. The zero-order valence-corrected chi connectivity index (χ0v) is 12.1. The Morgan fingerprint density at radius 2 is 2.10 bits per heavy atom. The Morgan fingerprint density at radius 3 is 2.71 bits per heavy atom. The molecule has 0 aliphatic rings. The smallest absolute Gasteiger partial charge is 0.138 e. The Kier molecular flexibility index (Phi) is 4.79. The quantitative estimate of drug-likeness (QED) is 0.929. The first-order valence-corrected chi connectivity index (χ1v) is 6.68. The van der Waals surface area contributed by atoms with E-state index in [4.69, 9.17) is 21.6 Å². The molecular weight excluding hydrogens is 293 g/mol. The molecule has 0 aliphatic carbocycles. The van der Waals surface area contributed by atoms with E-state index in [2.05, 4.69) is 0 Å². The third kappa shape index (κ3) is 3.72. The molecule has 0 unspecified atom stereocenters. The molecule has 5 heteroatoms. The van der Waals surface area contributed by atoms with Crippen LogP contribution in [0, 0.1) is 17.1 Å². The number of nitriles is 1. The summed E-state index contributed by atoms with van der Waals surface area (Å²) in [5.41, 5.74) is 1.32. The number of ether oxygens (including phenoxy) is 1. The number of hydrogen-bond donors (Lipinski definition) is 1. The summed E-state index contributed by atoms with van der Waals surface area (Å²) in [5.74, 6) is -0.0476. The van der Waals surface area contributed by atoms with Gasteiger partial charge in [-0.25, -0.2) is 4.39 Å². The monoisotopic (exact) mass is 305 g/mol. The van der Waals surface area contributed by atoms with Crippen LogP contribution in [0.3, 0.4) is 0 Å². The fraction of sp³-hybridized carbons (Fsp3) is 0.188. The third-order valence-corrected chi connectivity index (χ3v) is 3.29. The number of hydrogen-bond acceptors (Lipinski definition) is 3. The molecule has 0 saturated carbocycles. The predicted molar refractivity (Wildman–Crippen MR) is 77.5 cm³/mol. The second kappa shape index (κ2) is 6.57. The van der Waals surface area contributed by atoms with Crippen molar-refractivity contribution in [1.29, 1.82) is 5.26 Å². The molecule has 1 N–H and O–H groups in total. The fourth-order valence-electron chi connectivity index (χ4n) is 1.80. The normalized spacial score (nSPS) is 11.8. The topological polar surface area (TPSA) is 53.2 Å². The van der Waals surface area contributed by atoms with Crippen LogP contribution >= 0.6 is 11.6 Å². The highest BCUT2D eigenvalue weighted by molar-refractivity contribution is 6.32. The Labute approximate surface area is 127 Å². The molecule has 0 heterocycles. The van der Waals surface area contributed by atoms with E-state index in [9.17, 15) is 9.50 Å². The molecule has 0 bridgehead atoms. The van der Waals surface area contributed by atoms with Crippen molar-refractivity contribution in [3.05, 3.63) is 63.9 Å². The van der Waals surface area contributed by atoms with Crippen LogP contribution in [0.4, 0.5) is 4.39 Å². The number of benzene rings is 2. The highest BCUT2D eigenvalue weighted by Crippen LogP contribution is 2.28. The Bertz CT molecular complexity index is 695. The maximum atomic E-state index is 13.6. The summed E-state index contributed by atoms with van der Waals surface area (Å²) in [4.78, 5) is 0. The van der Waals surface area contributed by atoms with Gasteiger partial charge in [0.15, 0.2) is 0 Å². The van der Waals surface area contributed by atoms with Crippen molar-refractivity contribution in [2.45, 2.75) is 19.6 Å². The van der Waals surface area contributed by atoms with E-state index in [1.807, 2.05) is 6.07 Å². The van der Waals surface area contributed by atoms with Crippen molar-refractivity contribution in [2.24, 2.45) is 0 Å². The second-order valence-electron chi connectivity index (χ2n) is 4.57. The third-order valence-electron chi connectivity index (χ3n) is 3.00. The van der Waals surface area contributed by atoms with Gasteiger partial charge >= 0.3 is 0 Å². The summed E-state index contributed by atoms with van der Waals surface area (Å²) in [5, 5.41) is 18.6. The highest BCUT2D eigenvalue weighted by Gasteiger charge is 2.09. The fourth-order valence-corrected chi connectivity index (χ4v) is 2.05. The average Bonchev–Trinajstić information content (AvgIpc) is 2.47. The number of halogens is 2. The minimum atomic E-state index is -0.624. The van der Waals surface area contributed by atoms with Crippen LogP contribution in [-0.4, -0.2) is 5.11 Å². The van der Waals surface area contributed by atoms with Gasteiger partial charge in [-0.05, 0) is 42.8 Å². The summed E-state index contributed by atoms with van der Waals surface area (Å²) in [6, 6.07) is 10.9. The van der Waals surface area contributed by atoms with Gasteiger partial charge < -0.3 is 9.84 Å². The van der Waals surface area contributed by atoms with Crippen LogP contribution in [0.2, 0.25) is 5.02 Å². The summed E-state index contributed by atoms with van der Waals surface area (Å²) in [6.45, 7) is 1.60. The molecule has 108 valence electrons. The summed E-state index contributed by atoms with van der Waals surface area (Å²) in [6.07, 6.45) is -0.624. The molecule has 0 saturated heterocycles. The standard InChI is InChI=1S/C16H13ClFNO2/c1-10(20)12-3-5-16(14(17)7-12)21-9-13-6-11(8-19)2-4-15(13)18/h2-7,10,20H,9H2,1H3/t10-/m1/s1. The summed E-state index contributed by atoms with van der Waals surface area (Å²) >= 11 is 6.06. The Morgan fingerprint density at radius 1 is 1.33 bits per heavy atom. The molecule has 2 aromatic carbocycles. The van der Waals surface area contributed by atoms with Crippen LogP contribution in [0.25, 0.3) is 0 Å². The van der Waals surface area contributed by atoms with Crippen molar-refractivity contribution in [1.82, 2.24) is 0 Å². The van der Waals surface area contributed by atoms with Gasteiger partial charge in [0.05, 0.1) is 22.8 Å². The zero-order chi connectivity index (χ0) is 15.4. The van der Waals surface area contributed by atoms with E-state index in [-0.39, 0.29) is 12.2 Å². The first-order chi connectivity index (χ1) is 10.0. The number of aliphatic hydroxyl groups excluding tert-OH is 1. The molecule has 0 radical (unpaired) electrons. The summed E-state index contributed by atoms with van der Waals surface area (Å²) < 4.78 is 19.1. The minimum absolute atomic E-state index is 0.0326.